The van der Waals surface area contributed by atoms with Gasteiger partial charge in [-0.2, -0.15) is 0 Å². The van der Waals surface area contributed by atoms with Crippen LogP contribution in [0.4, 0.5) is 0 Å². The van der Waals surface area contributed by atoms with Crippen molar-refractivity contribution in [3.8, 4) is 0 Å². The topological polar surface area (TPSA) is 75.6 Å². The molecule has 5 heteroatoms. The number of carbonyl (C=O) groups excluding carboxylic acids is 1. The van der Waals surface area contributed by atoms with Gasteiger partial charge < -0.3 is 15.2 Å². The Hall–Kier alpha value is -1.36. The number of rotatable bonds is 8. The molecule has 0 bridgehead atoms. The van der Waals surface area contributed by atoms with Crippen molar-refractivity contribution in [1.82, 2.24) is 5.32 Å². The highest BCUT2D eigenvalue weighted by atomic mass is 16.5. The van der Waals surface area contributed by atoms with Gasteiger partial charge in [0.05, 0.1) is 25.0 Å². The minimum Gasteiger partial charge on any atom is -0.481 e. The van der Waals surface area contributed by atoms with E-state index in [0.717, 1.165) is 6.42 Å². The number of carboxylic acid groups (broad SMARTS) is 1. The van der Waals surface area contributed by atoms with Crippen LogP contribution in [0.2, 0.25) is 0 Å². The van der Waals surface area contributed by atoms with E-state index >= 15 is 0 Å². The van der Waals surface area contributed by atoms with Gasteiger partial charge in [0.15, 0.2) is 0 Å². The Bertz CT molecular complexity index is 338. The second-order valence-electron chi connectivity index (χ2n) is 5.10. The predicted octanol–water partition coefficient (Wildman–Crippen LogP) is 1.05. The molecular formula is C13H21NO4. The summed E-state index contributed by atoms with van der Waals surface area (Å²) >= 11 is 0. The zero-order chi connectivity index (χ0) is 13.8. The average Bonchev–Trinajstić information content (AvgIpc) is 2.86. The zero-order valence-corrected chi connectivity index (χ0v) is 10.9. The number of amides is 1. The zero-order valence-electron chi connectivity index (χ0n) is 10.9. The normalized spacial score (nSPS) is 24.3. The fourth-order valence-corrected chi connectivity index (χ4v) is 2.21. The number of hydrogen-bond donors (Lipinski definition) is 2. The molecular weight excluding hydrogens is 234 g/mol. The smallest absolute Gasteiger partial charge is 0.307 e. The van der Waals surface area contributed by atoms with Gasteiger partial charge in [-0.3, -0.25) is 9.59 Å². The number of ether oxygens (including phenoxy) is 1. The van der Waals surface area contributed by atoms with Crippen LogP contribution in [0.15, 0.2) is 12.7 Å². The molecule has 0 spiro atoms. The van der Waals surface area contributed by atoms with Gasteiger partial charge >= 0.3 is 5.97 Å². The molecule has 0 radical (unpaired) electrons. The van der Waals surface area contributed by atoms with Crippen LogP contribution in [0.25, 0.3) is 0 Å². The third-order valence-electron chi connectivity index (χ3n) is 3.39. The number of aliphatic carboxylic acids is 1. The van der Waals surface area contributed by atoms with Crippen molar-refractivity contribution >= 4 is 11.9 Å². The maximum absolute atomic E-state index is 11.8. The third kappa shape index (κ3) is 3.32. The number of nitrogens with one attached hydrogen (secondary N) is 1. The summed E-state index contributed by atoms with van der Waals surface area (Å²) in [7, 11) is 0. The quantitative estimate of drug-likeness (QED) is 0.502. The minimum absolute atomic E-state index is 0.195. The highest BCUT2D eigenvalue weighted by Gasteiger charge is 2.65. The highest BCUT2D eigenvalue weighted by molar-refractivity contribution is 5.91. The van der Waals surface area contributed by atoms with E-state index in [9.17, 15) is 9.59 Å². The predicted molar refractivity (Wildman–Crippen MR) is 67.0 cm³/mol. The van der Waals surface area contributed by atoms with Crippen molar-refractivity contribution < 1.29 is 19.4 Å². The molecule has 2 atom stereocenters. The fraction of sp³-hybridized carbons (Fsp3) is 0.692. The molecule has 18 heavy (non-hydrogen) atoms. The van der Waals surface area contributed by atoms with Gasteiger partial charge in [-0.15, -0.1) is 6.58 Å². The van der Waals surface area contributed by atoms with Crippen LogP contribution >= 0.6 is 0 Å². The van der Waals surface area contributed by atoms with Crippen LogP contribution in [-0.4, -0.2) is 36.7 Å². The summed E-state index contributed by atoms with van der Waals surface area (Å²) in [5.74, 6) is -2.09. The Labute approximate surface area is 107 Å². The van der Waals surface area contributed by atoms with Gasteiger partial charge in [0, 0.05) is 6.54 Å². The summed E-state index contributed by atoms with van der Waals surface area (Å²) in [5.41, 5.74) is -0.445. The molecule has 1 rings (SSSR count). The third-order valence-corrected chi connectivity index (χ3v) is 3.39. The maximum Gasteiger partial charge on any atom is 0.307 e. The lowest BCUT2D eigenvalue weighted by atomic mass is 10.1. The van der Waals surface area contributed by atoms with Crippen LogP contribution < -0.4 is 5.32 Å². The molecule has 1 amide bonds. The van der Waals surface area contributed by atoms with E-state index in [-0.39, 0.29) is 5.91 Å². The molecule has 0 aromatic rings. The largest absolute Gasteiger partial charge is 0.481 e. The first-order valence-electron chi connectivity index (χ1n) is 6.12. The molecule has 1 aliphatic rings. The van der Waals surface area contributed by atoms with E-state index < -0.39 is 23.2 Å². The number of carbonyl (C=O) groups is 2. The minimum atomic E-state index is -0.901. The van der Waals surface area contributed by atoms with Gasteiger partial charge in [-0.05, 0) is 11.8 Å². The first kappa shape index (κ1) is 14.7. The molecule has 1 aliphatic carbocycles. The van der Waals surface area contributed by atoms with Crippen molar-refractivity contribution in [2.75, 3.05) is 19.8 Å². The van der Waals surface area contributed by atoms with E-state index in [4.69, 9.17) is 9.84 Å². The van der Waals surface area contributed by atoms with E-state index in [0.29, 0.717) is 19.8 Å². The lowest BCUT2D eigenvalue weighted by Gasteiger charge is -2.06. The molecule has 0 heterocycles. The van der Waals surface area contributed by atoms with Crippen molar-refractivity contribution in [2.45, 2.75) is 20.3 Å². The molecule has 0 unspecified atom stereocenters. The summed E-state index contributed by atoms with van der Waals surface area (Å²) in [6.07, 6.45) is 2.55. The molecule has 1 fully saturated rings. The summed E-state index contributed by atoms with van der Waals surface area (Å²) in [4.78, 5) is 22.7. The van der Waals surface area contributed by atoms with Crippen molar-refractivity contribution in [3.63, 3.8) is 0 Å². The average molecular weight is 255 g/mol. The van der Waals surface area contributed by atoms with Gasteiger partial charge in [0.2, 0.25) is 5.91 Å². The van der Waals surface area contributed by atoms with Crippen molar-refractivity contribution in [3.05, 3.63) is 12.7 Å². The second-order valence-corrected chi connectivity index (χ2v) is 5.10. The Morgan fingerprint density at radius 3 is 2.56 bits per heavy atom. The molecule has 0 aromatic carbocycles. The summed E-state index contributed by atoms with van der Waals surface area (Å²) in [5, 5.41) is 11.7. The van der Waals surface area contributed by atoms with Crippen LogP contribution in [-0.2, 0) is 14.3 Å². The van der Waals surface area contributed by atoms with Crippen molar-refractivity contribution in [2.24, 2.45) is 17.3 Å². The molecule has 0 saturated heterocycles. The van der Waals surface area contributed by atoms with Crippen LogP contribution in [0.5, 0.6) is 0 Å². The van der Waals surface area contributed by atoms with E-state index in [1.165, 1.54) is 0 Å². The summed E-state index contributed by atoms with van der Waals surface area (Å²) in [6.45, 7) is 8.61. The molecule has 0 aliphatic heterocycles. The van der Waals surface area contributed by atoms with E-state index in [1.807, 2.05) is 0 Å². The first-order valence-corrected chi connectivity index (χ1v) is 6.12. The SMILES string of the molecule is C=CCCOCCNC(=O)[C@H]1[C@@H](C(=O)O)C1(C)C. The number of carboxylic acids is 1. The Kier molecular flexibility index (Phi) is 4.90. The molecule has 102 valence electrons. The molecule has 2 N–H and O–H groups in total. The van der Waals surface area contributed by atoms with Crippen LogP contribution in [0.1, 0.15) is 20.3 Å². The Morgan fingerprint density at radius 2 is 2.06 bits per heavy atom. The van der Waals surface area contributed by atoms with E-state index in [2.05, 4.69) is 11.9 Å². The van der Waals surface area contributed by atoms with Crippen molar-refractivity contribution in [1.29, 1.82) is 0 Å². The summed E-state index contributed by atoms with van der Waals surface area (Å²) in [6, 6.07) is 0. The molecule has 1 saturated carbocycles. The lowest BCUT2D eigenvalue weighted by molar-refractivity contribution is -0.140. The van der Waals surface area contributed by atoms with Gasteiger partial charge in [0.1, 0.15) is 0 Å². The standard InChI is InChI=1S/C13H21NO4/c1-4-5-7-18-8-6-14-11(15)9-10(12(16)17)13(9,2)3/h4,9-10H,1,5-8H2,2-3H3,(H,14,15)(H,16,17)/t9-,10+/m1/s1. The number of hydrogen-bond acceptors (Lipinski definition) is 3. The molecule has 5 nitrogen and oxygen atoms in total. The first-order chi connectivity index (χ1) is 8.42. The highest BCUT2D eigenvalue weighted by Crippen LogP contribution is 2.58. The second kappa shape index (κ2) is 6.00. The lowest BCUT2D eigenvalue weighted by Crippen LogP contribution is -2.30. The van der Waals surface area contributed by atoms with Gasteiger partial charge in [-0.25, -0.2) is 0 Å². The monoisotopic (exact) mass is 255 g/mol. The fourth-order valence-electron chi connectivity index (χ4n) is 2.21. The maximum atomic E-state index is 11.8. The van der Waals surface area contributed by atoms with Crippen LogP contribution in [0.3, 0.4) is 0 Å². The van der Waals surface area contributed by atoms with E-state index in [1.54, 1.807) is 19.9 Å². The van der Waals surface area contributed by atoms with Gasteiger partial charge in [-0.1, -0.05) is 19.9 Å². The Morgan fingerprint density at radius 1 is 1.39 bits per heavy atom. The van der Waals surface area contributed by atoms with Crippen LogP contribution in [0, 0.1) is 17.3 Å². The summed E-state index contributed by atoms with van der Waals surface area (Å²) < 4.78 is 5.25. The molecule has 0 aromatic heterocycles. The Balaban J connectivity index is 2.22. The van der Waals surface area contributed by atoms with Gasteiger partial charge in [0.25, 0.3) is 0 Å².